The van der Waals surface area contributed by atoms with Crippen molar-refractivity contribution in [3.8, 4) is 10.6 Å². The number of carbonyl (C=O) groups is 1. The molecule has 0 spiro atoms. The molecule has 0 aliphatic heterocycles. The third-order valence-corrected chi connectivity index (χ3v) is 5.25. The summed E-state index contributed by atoms with van der Waals surface area (Å²) in [6, 6.07) is 9.83. The van der Waals surface area contributed by atoms with Gasteiger partial charge in [-0.25, -0.2) is 0 Å². The van der Waals surface area contributed by atoms with E-state index in [0.717, 1.165) is 34.1 Å². The van der Waals surface area contributed by atoms with E-state index in [2.05, 4.69) is 41.4 Å². The molecule has 2 aromatic heterocycles. The number of carbonyl (C=O) groups excluding carboxylic acids is 1. The Morgan fingerprint density at radius 2 is 1.93 bits per heavy atom. The average molecular weight is 384 g/mol. The van der Waals surface area contributed by atoms with Gasteiger partial charge in [0.25, 0.3) is 0 Å². The van der Waals surface area contributed by atoms with E-state index < -0.39 is 0 Å². The Morgan fingerprint density at radius 1 is 1.19 bits per heavy atom. The number of rotatable bonds is 7. The third kappa shape index (κ3) is 4.80. The summed E-state index contributed by atoms with van der Waals surface area (Å²) in [6.45, 7) is 9.33. The van der Waals surface area contributed by atoms with Gasteiger partial charge in [0, 0.05) is 24.2 Å². The van der Waals surface area contributed by atoms with Crippen LogP contribution in [0.2, 0.25) is 0 Å². The molecule has 27 heavy (non-hydrogen) atoms. The van der Waals surface area contributed by atoms with Gasteiger partial charge in [-0.3, -0.25) is 9.48 Å². The van der Waals surface area contributed by atoms with Crippen LogP contribution in [0.15, 0.2) is 30.3 Å². The average Bonchev–Trinajstić information content (AvgIpc) is 3.19. The zero-order chi connectivity index (χ0) is 19.4. The van der Waals surface area contributed by atoms with Crippen LogP contribution in [0, 0.1) is 19.8 Å². The molecule has 0 atom stereocenters. The van der Waals surface area contributed by atoms with Crippen LogP contribution in [0.3, 0.4) is 0 Å². The molecule has 0 aliphatic carbocycles. The van der Waals surface area contributed by atoms with Crippen molar-refractivity contribution >= 4 is 22.4 Å². The van der Waals surface area contributed by atoms with Gasteiger partial charge in [-0.1, -0.05) is 55.5 Å². The normalized spacial score (nSPS) is 11.1. The van der Waals surface area contributed by atoms with Crippen molar-refractivity contribution in [1.82, 2.24) is 20.0 Å². The molecule has 3 aromatic rings. The number of nitrogens with zero attached hydrogens (tertiary/aromatic N) is 4. The highest BCUT2D eigenvalue weighted by atomic mass is 32.1. The van der Waals surface area contributed by atoms with Crippen molar-refractivity contribution < 1.29 is 4.79 Å². The fourth-order valence-corrected chi connectivity index (χ4v) is 3.78. The number of nitrogens with one attached hydrogen (secondary N) is 1. The molecular weight excluding hydrogens is 358 g/mol. The molecule has 0 saturated heterocycles. The van der Waals surface area contributed by atoms with Gasteiger partial charge in [-0.2, -0.15) is 5.10 Å². The molecule has 0 saturated carbocycles. The van der Waals surface area contributed by atoms with E-state index in [4.69, 9.17) is 0 Å². The van der Waals surface area contributed by atoms with Crippen LogP contribution in [0.4, 0.5) is 5.13 Å². The van der Waals surface area contributed by atoms with Gasteiger partial charge in [0.15, 0.2) is 0 Å². The summed E-state index contributed by atoms with van der Waals surface area (Å²) in [5.41, 5.74) is 4.31. The number of amides is 1. The van der Waals surface area contributed by atoms with E-state index in [1.54, 1.807) is 0 Å². The lowest BCUT2D eigenvalue weighted by atomic mass is 10.1. The Hall–Kier alpha value is -2.54. The largest absolute Gasteiger partial charge is 0.301 e. The van der Waals surface area contributed by atoms with Gasteiger partial charge in [0.1, 0.15) is 5.01 Å². The minimum atomic E-state index is -0.0545. The minimum absolute atomic E-state index is 0.0545. The summed E-state index contributed by atoms with van der Waals surface area (Å²) in [7, 11) is 0. The van der Waals surface area contributed by atoms with Gasteiger partial charge in [0.05, 0.1) is 5.69 Å². The molecule has 0 aliphatic rings. The second-order valence-electron chi connectivity index (χ2n) is 7.05. The third-order valence-electron chi connectivity index (χ3n) is 4.36. The monoisotopic (exact) mass is 383 g/mol. The summed E-state index contributed by atoms with van der Waals surface area (Å²) in [5, 5.41) is 17.0. The predicted octanol–water partition coefficient (Wildman–Crippen LogP) is 4.25. The quantitative estimate of drug-likeness (QED) is 0.662. The Bertz CT molecular complexity index is 914. The van der Waals surface area contributed by atoms with Gasteiger partial charge >= 0.3 is 0 Å². The lowest BCUT2D eigenvalue weighted by molar-refractivity contribution is -0.116. The van der Waals surface area contributed by atoms with Crippen molar-refractivity contribution in [2.75, 3.05) is 5.32 Å². The molecule has 6 nitrogen and oxygen atoms in total. The SMILES string of the molecule is Cc1nn(CC(C)C)c(C)c1CCC(=O)Nc1nnc(-c2ccccc2)s1. The van der Waals surface area contributed by atoms with E-state index in [1.807, 2.05) is 41.9 Å². The van der Waals surface area contributed by atoms with Gasteiger partial charge in [-0.15, -0.1) is 10.2 Å². The second kappa shape index (κ2) is 8.43. The van der Waals surface area contributed by atoms with Crippen LogP contribution in [0.1, 0.15) is 37.2 Å². The minimum Gasteiger partial charge on any atom is -0.301 e. The Balaban J connectivity index is 1.59. The molecular formula is C20H25N5OS. The number of hydrogen-bond acceptors (Lipinski definition) is 5. The summed E-state index contributed by atoms with van der Waals surface area (Å²) >= 11 is 1.38. The molecule has 0 bridgehead atoms. The van der Waals surface area contributed by atoms with Crippen LogP contribution in [0.5, 0.6) is 0 Å². The number of anilines is 1. The first kappa shape index (κ1) is 19.2. The van der Waals surface area contributed by atoms with Gasteiger partial charge in [-0.05, 0) is 31.7 Å². The summed E-state index contributed by atoms with van der Waals surface area (Å²) in [6.07, 6.45) is 1.07. The van der Waals surface area contributed by atoms with E-state index in [-0.39, 0.29) is 5.91 Å². The first-order valence-electron chi connectivity index (χ1n) is 9.15. The molecule has 0 unspecified atom stereocenters. The topological polar surface area (TPSA) is 72.7 Å². The zero-order valence-corrected chi connectivity index (χ0v) is 17.0. The highest BCUT2D eigenvalue weighted by molar-refractivity contribution is 7.18. The lowest BCUT2D eigenvalue weighted by Crippen LogP contribution is -2.13. The molecule has 0 radical (unpaired) electrons. The maximum Gasteiger partial charge on any atom is 0.226 e. The maximum absolute atomic E-state index is 12.3. The smallest absolute Gasteiger partial charge is 0.226 e. The van der Waals surface area contributed by atoms with Crippen molar-refractivity contribution in [2.24, 2.45) is 5.92 Å². The fourth-order valence-electron chi connectivity index (χ4n) is 3.01. The highest BCUT2D eigenvalue weighted by Gasteiger charge is 2.15. The Morgan fingerprint density at radius 3 is 2.63 bits per heavy atom. The molecule has 3 rings (SSSR count). The standard InChI is InChI=1S/C20H25N5OS/c1-13(2)12-25-15(4)17(14(3)24-25)10-11-18(26)21-20-23-22-19(27-20)16-8-6-5-7-9-16/h5-9,13H,10-12H2,1-4H3,(H,21,23,26). The van der Waals surface area contributed by atoms with Crippen LogP contribution in [-0.2, 0) is 17.8 Å². The Labute approximate surface area is 163 Å². The van der Waals surface area contributed by atoms with E-state index >= 15 is 0 Å². The highest BCUT2D eigenvalue weighted by Crippen LogP contribution is 2.26. The molecule has 0 fully saturated rings. The van der Waals surface area contributed by atoms with Crippen LogP contribution >= 0.6 is 11.3 Å². The Kier molecular flexibility index (Phi) is 6.01. The summed E-state index contributed by atoms with van der Waals surface area (Å²) in [4.78, 5) is 12.3. The van der Waals surface area contributed by atoms with Crippen LogP contribution in [-0.4, -0.2) is 25.9 Å². The molecule has 2 heterocycles. The van der Waals surface area contributed by atoms with E-state index in [9.17, 15) is 4.79 Å². The second-order valence-corrected chi connectivity index (χ2v) is 8.03. The lowest BCUT2D eigenvalue weighted by Gasteiger charge is -2.08. The first-order chi connectivity index (χ1) is 12.9. The molecule has 1 aromatic carbocycles. The van der Waals surface area contributed by atoms with Crippen molar-refractivity contribution in [3.05, 3.63) is 47.3 Å². The molecule has 142 valence electrons. The van der Waals surface area contributed by atoms with Crippen LogP contribution in [0.25, 0.3) is 10.6 Å². The van der Waals surface area contributed by atoms with Gasteiger partial charge in [0.2, 0.25) is 11.0 Å². The predicted molar refractivity (Wildman–Crippen MR) is 109 cm³/mol. The maximum atomic E-state index is 12.3. The molecule has 7 heteroatoms. The number of hydrogen-bond donors (Lipinski definition) is 1. The van der Waals surface area contributed by atoms with Gasteiger partial charge < -0.3 is 5.32 Å². The van der Waals surface area contributed by atoms with Crippen molar-refractivity contribution in [3.63, 3.8) is 0 Å². The molecule has 1 amide bonds. The zero-order valence-electron chi connectivity index (χ0n) is 16.2. The number of aryl methyl sites for hydroxylation is 1. The molecule has 1 N–H and O–H groups in total. The van der Waals surface area contributed by atoms with Crippen LogP contribution < -0.4 is 5.32 Å². The number of aromatic nitrogens is 4. The van der Waals surface area contributed by atoms with E-state index in [1.165, 1.54) is 11.3 Å². The number of benzene rings is 1. The van der Waals surface area contributed by atoms with Crippen molar-refractivity contribution in [1.29, 1.82) is 0 Å². The fraction of sp³-hybridized carbons (Fsp3) is 0.400. The summed E-state index contributed by atoms with van der Waals surface area (Å²) < 4.78 is 2.05. The first-order valence-corrected chi connectivity index (χ1v) is 9.97. The van der Waals surface area contributed by atoms with Crippen molar-refractivity contribution in [2.45, 2.75) is 47.1 Å². The summed E-state index contributed by atoms with van der Waals surface area (Å²) in [5.74, 6) is 0.483. The van der Waals surface area contributed by atoms with E-state index in [0.29, 0.717) is 23.9 Å².